The van der Waals surface area contributed by atoms with Crippen molar-refractivity contribution in [3.63, 3.8) is 0 Å². The van der Waals surface area contributed by atoms with Crippen LogP contribution in [0.15, 0.2) is 30.7 Å². The lowest BCUT2D eigenvalue weighted by molar-refractivity contribution is 0.105. The number of fused-ring (bicyclic) bond motifs is 1. The number of hydrogen-bond donors (Lipinski definition) is 1. The standard InChI is InChI=1S/C23H29N7O/c1-4-29-12-18(13-29)30-14-19(9-26-30)31-23-22(24)25-10-21(27-23)16-7-15(2)20-5-6-28(3)11-17(20)8-16/h7-10,14,18H,4-6,11-13H2,1-3H3,(H2,24,25). The number of hydrogen-bond acceptors (Lipinski definition) is 7. The van der Waals surface area contributed by atoms with Gasteiger partial charge in [-0.15, -0.1) is 0 Å². The van der Waals surface area contributed by atoms with Crippen molar-refractivity contribution in [3.05, 3.63) is 47.4 Å². The highest BCUT2D eigenvalue weighted by atomic mass is 16.5. The highest BCUT2D eigenvalue weighted by Gasteiger charge is 2.27. The Morgan fingerprint density at radius 2 is 2.06 bits per heavy atom. The van der Waals surface area contributed by atoms with Crippen molar-refractivity contribution in [1.82, 2.24) is 29.5 Å². The molecule has 4 heterocycles. The van der Waals surface area contributed by atoms with Crippen molar-refractivity contribution in [2.75, 3.05) is 39.0 Å². The molecule has 0 radical (unpaired) electrons. The van der Waals surface area contributed by atoms with Crippen LogP contribution in [0.25, 0.3) is 11.3 Å². The average Bonchev–Trinajstić information content (AvgIpc) is 3.16. The SMILES string of the molecule is CCN1CC(n2cc(Oc3nc(-c4cc(C)c5c(c4)CN(C)CC5)cnc3N)cn2)C1. The molecule has 0 amide bonds. The number of nitrogens with zero attached hydrogens (tertiary/aromatic N) is 6. The molecule has 0 saturated carbocycles. The third-order valence-corrected chi connectivity index (χ3v) is 6.36. The summed E-state index contributed by atoms with van der Waals surface area (Å²) in [6.07, 6.45) is 6.42. The largest absolute Gasteiger partial charge is 0.433 e. The molecule has 31 heavy (non-hydrogen) atoms. The van der Waals surface area contributed by atoms with Crippen LogP contribution >= 0.6 is 0 Å². The van der Waals surface area contributed by atoms with Gasteiger partial charge >= 0.3 is 0 Å². The Morgan fingerprint density at radius 3 is 2.87 bits per heavy atom. The summed E-state index contributed by atoms with van der Waals surface area (Å²) in [6, 6.07) is 4.79. The van der Waals surface area contributed by atoms with Gasteiger partial charge in [0.05, 0.1) is 30.3 Å². The summed E-state index contributed by atoms with van der Waals surface area (Å²) < 4.78 is 7.94. The van der Waals surface area contributed by atoms with Gasteiger partial charge in [-0.05, 0) is 55.8 Å². The Balaban J connectivity index is 1.38. The highest BCUT2D eigenvalue weighted by molar-refractivity contribution is 5.64. The van der Waals surface area contributed by atoms with Crippen LogP contribution in [-0.2, 0) is 13.0 Å². The van der Waals surface area contributed by atoms with E-state index in [-0.39, 0.29) is 5.82 Å². The molecule has 2 aliphatic heterocycles. The summed E-state index contributed by atoms with van der Waals surface area (Å²) in [5.41, 5.74) is 12.0. The molecule has 8 nitrogen and oxygen atoms in total. The van der Waals surface area contributed by atoms with Crippen molar-refractivity contribution in [3.8, 4) is 22.9 Å². The van der Waals surface area contributed by atoms with E-state index in [1.807, 2.05) is 10.9 Å². The number of nitrogen functional groups attached to an aromatic ring is 1. The molecule has 2 N–H and O–H groups in total. The van der Waals surface area contributed by atoms with E-state index in [0.717, 1.165) is 50.4 Å². The lowest BCUT2D eigenvalue weighted by Crippen LogP contribution is -2.47. The first-order valence-corrected chi connectivity index (χ1v) is 10.9. The number of likely N-dealkylation sites (tertiary alicyclic amines) is 1. The van der Waals surface area contributed by atoms with E-state index >= 15 is 0 Å². The molecular formula is C23H29N7O. The summed E-state index contributed by atoms with van der Waals surface area (Å²) in [6.45, 7) is 9.49. The Morgan fingerprint density at radius 1 is 1.23 bits per heavy atom. The Labute approximate surface area is 182 Å². The number of aryl methyl sites for hydroxylation is 1. The first kappa shape index (κ1) is 20.0. The summed E-state index contributed by atoms with van der Waals surface area (Å²) in [7, 11) is 2.16. The van der Waals surface area contributed by atoms with E-state index in [0.29, 0.717) is 17.7 Å². The summed E-state index contributed by atoms with van der Waals surface area (Å²) in [5.74, 6) is 1.20. The van der Waals surface area contributed by atoms with Gasteiger partial charge in [-0.3, -0.25) is 9.58 Å². The predicted octanol–water partition coefficient (Wildman–Crippen LogP) is 2.89. The van der Waals surface area contributed by atoms with Crippen LogP contribution in [0, 0.1) is 6.92 Å². The van der Waals surface area contributed by atoms with E-state index in [1.165, 1.54) is 16.7 Å². The second-order valence-electron chi connectivity index (χ2n) is 8.63. The molecule has 0 aliphatic carbocycles. The fourth-order valence-electron chi connectivity index (χ4n) is 4.46. The molecule has 0 atom stereocenters. The maximum atomic E-state index is 6.08. The van der Waals surface area contributed by atoms with Gasteiger partial charge in [-0.25, -0.2) is 9.97 Å². The van der Waals surface area contributed by atoms with Crippen LogP contribution in [-0.4, -0.2) is 62.8 Å². The number of anilines is 1. The van der Waals surface area contributed by atoms with Crippen molar-refractivity contribution in [2.45, 2.75) is 32.9 Å². The number of aromatic nitrogens is 4. The maximum Gasteiger partial charge on any atom is 0.263 e. The van der Waals surface area contributed by atoms with Crippen molar-refractivity contribution in [2.24, 2.45) is 0 Å². The van der Waals surface area contributed by atoms with Crippen LogP contribution in [0.3, 0.4) is 0 Å². The number of benzene rings is 1. The molecule has 2 aromatic heterocycles. The second kappa shape index (κ2) is 7.94. The maximum absolute atomic E-state index is 6.08. The Bertz CT molecular complexity index is 1100. The zero-order valence-corrected chi connectivity index (χ0v) is 18.4. The first-order valence-electron chi connectivity index (χ1n) is 10.9. The summed E-state index contributed by atoms with van der Waals surface area (Å²) in [5, 5.41) is 4.45. The van der Waals surface area contributed by atoms with Gasteiger partial charge in [0.15, 0.2) is 11.6 Å². The van der Waals surface area contributed by atoms with Gasteiger partial charge in [-0.2, -0.15) is 5.10 Å². The van der Waals surface area contributed by atoms with Gasteiger partial charge in [0, 0.05) is 31.7 Å². The number of rotatable bonds is 5. The molecule has 0 bridgehead atoms. The van der Waals surface area contributed by atoms with Crippen LogP contribution in [0.4, 0.5) is 5.82 Å². The van der Waals surface area contributed by atoms with Crippen molar-refractivity contribution >= 4 is 5.82 Å². The highest BCUT2D eigenvalue weighted by Crippen LogP contribution is 2.31. The lowest BCUT2D eigenvalue weighted by atomic mass is 9.92. The van der Waals surface area contributed by atoms with Crippen LogP contribution in [0.1, 0.15) is 29.7 Å². The molecule has 0 spiro atoms. The average molecular weight is 420 g/mol. The van der Waals surface area contributed by atoms with Gasteiger partial charge in [0.2, 0.25) is 0 Å². The van der Waals surface area contributed by atoms with Crippen LogP contribution in [0.2, 0.25) is 0 Å². The molecule has 3 aromatic rings. The van der Waals surface area contributed by atoms with Crippen molar-refractivity contribution in [1.29, 1.82) is 0 Å². The fraction of sp³-hybridized carbons (Fsp3) is 0.435. The first-order chi connectivity index (χ1) is 15.0. The molecule has 0 unspecified atom stereocenters. The quantitative estimate of drug-likeness (QED) is 0.681. The second-order valence-corrected chi connectivity index (χ2v) is 8.63. The molecule has 1 aromatic carbocycles. The minimum atomic E-state index is 0.270. The topological polar surface area (TPSA) is 85.3 Å². The monoisotopic (exact) mass is 419 g/mol. The van der Waals surface area contributed by atoms with Crippen LogP contribution < -0.4 is 10.5 Å². The summed E-state index contributed by atoms with van der Waals surface area (Å²) >= 11 is 0. The van der Waals surface area contributed by atoms with E-state index in [1.54, 1.807) is 12.4 Å². The molecule has 2 aliphatic rings. The van der Waals surface area contributed by atoms with E-state index in [4.69, 9.17) is 15.5 Å². The molecule has 162 valence electrons. The molecule has 5 rings (SSSR count). The zero-order valence-electron chi connectivity index (χ0n) is 18.4. The normalized spacial score (nSPS) is 17.4. The van der Waals surface area contributed by atoms with Gasteiger partial charge in [0.25, 0.3) is 5.88 Å². The molecule has 8 heteroatoms. The molecule has 1 saturated heterocycles. The van der Waals surface area contributed by atoms with Gasteiger partial charge < -0.3 is 15.4 Å². The van der Waals surface area contributed by atoms with E-state index in [2.05, 4.69) is 52.9 Å². The number of ether oxygens (including phenoxy) is 1. The molecular weight excluding hydrogens is 390 g/mol. The van der Waals surface area contributed by atoms with Crippen molar-refractivity contribution < 1.29 is 4.74 Å². The minimum Gasteiger partial charge on any atom is -0.433 e. The smallest absolute Gasteiger partial charge is 0.263 e. The predicted molar refractivity (Wildman–Crippen MR) is 120 cm³/mol. The zero-order chi connectivity index (χ0) is 21.5. The number of nitrogens with two attached hydrogens (primary N) is 1. The minimum absolute atomic E-state index is 0.270. The Kier molecular flexibility index (Phi) is 5.11. The number of likely N-dealkylation sites (N-methyl/N-ethyl adjacent to an activating group) is 2. The van der Waals surface area contributed by atoms with Gasteiger partial charge in [-0.1, -0.05) is 6.92 Å². The van der Waals surface area contributed by atoms with E-state index in [9.17, 15) is 0 Å². The third kappa shape index (κ3) is 3.88. The molecule has 1 fully saturated rings. The lowest BCUT2D eigenvalue weighted by Gasteiger charge is -2.38. The van der Waals surface area contributed by atoms with Gasteiger partial charge in [0.1, 0.15) is 0 Å². The van der Waals surface area contributed by atoms with Crippen LogP contribution in [0.5, 0.6) is 11.6 Å². The Hall–Kier alpha value is -2.97. The summed E-state index contributed by atoms with van der Waals surface area (Å²) in [4.78, 5) is 13.8. The fourth-order valence-corrected chi connectivity index (χ4v) is 4.46. The van der Waals surface area contributed by atoms with E-state index < -0.39 is 0 Å². The third-order valence-electron chi connectivity index (χ3n) is 6.36.